The highest BCUT2D eigenvalue weighted by molar-refractivity contribution is 7.07. The third kappa shape index (κ3) is 5.43. The molecule has 0 N–H and O–H groups in total. The fraction of sp³-hybridized carbons (Fsp3) is 0.667. The van der Waals surface area contributed by atoms with E-state index < -0.39 is 0 Å². The first-order valence-electron chi connectivity index (χ1n) is 10.7. The van der Waals surface area contributed by atoms with Gasteiger partial charge >= 0.3 is 0 Å². The molecule has 2 aromatic rings. The minimum Gasteiger partial charge on any atom is -0.339 e. The lowest BCUT2D eigenvalue weighted by atomic mass is 9.98. The predicted octanol–water partition coefficient (Wildman–Crippen LogP) is 2.01. The zero-order valence-electron chi connectivity index (χ0n) is 17.6. The third-order valence-corrected chi connectivity index (χ3v) is 6.80. The standard InChI is InChI=1S/C21H32N6OS/c1-17-22-18(2)27(23-17)14-19-4-3-6-25(12-19)15-21(28)26-9-7-24(8-10-26)13-20-5-11-29-16-20/h5,11,16,19H,3-4,6-10,12-15H2,1-2H3. The van der Waals surface area contributed by atoms with Crippen LogP contribution in [0, 0.1) is 19.8 Å². The number of rotatable bonds is 6. The molecule has 7 nitrogen and oxygen atoms in total. The Balaban J connectivity index is 1.22. The van der Waals surface area contributed by atoms with Gasteiger partial charge in [0, 0.05) is 45.8 Å². The van der Waals surface area contributed by atoms with E-state index >= 15 is 0 Å². The minimum absolute atomic E-state index is 0.286. The largest absolute Gasteiger partial charge is 0.339 e. The Morgan fingerprint density at radius 2 is 2.00 bits per heavy atom. The molecule has 0 aliphatic carbocycles. The number of thiophene rings is 1. The second-order valence-electron chi connectivity index (χ2n) is 8.42. The van der Waals surface area contributed by atoms with Crippen molar-refractivity contribution >= 4 is 17.2 Å². The van der Waals surface area contributed by atoms with E-state index in [-0.39, 0.29) is 5.91 Å². The molecule has 2 saturated heterocycles. The second kappa shape index (κ2) is 9.36. The van der Waals surface area contributed by atoms with Crippen LogP contribution in [0.5, 0.6) is 0 Å². The van der Waals surface area contributed by atoms with Gasteiger partial charge in [0.05, 0.1) is 6.54 Å². The van der Waals surface area contributed by atoms with Crippen molar-refractivity contribution in [3.05, 3.63) is 34.0 Å². The Hall–Kier alpha value is -1.77. The van der Waals surface area contributed by atoms with Crippen molar-refractivity contribution < 1.29 is 4.79 Å². The van der Waals surface area contributed by atoms with Crippen molar-refractivity contribution in [1.29, 1.82) is 0 Å². The summed E-state index contributed by atoms with van der Waals surface area (Å²) in [6.07, 6.45) is 2.35. The van der Waals surface area contributed by atoms with Crippen LogP contribution in [0.2, 0.25) is 0 Å². The van der Waals surface area contributed by atoms with Gasteiger partial charge in [-0.25, -0.2) is 9.67 Å². The molecule has 4 heterocycles. The van der Waals surface area contributed by atoms with Crippen LogP contribution in [0.15, 0.2) is 16.8 Å². The van der Waals surface area contributed by atoms with E-state index in [9.17, 15) is 4.79 Å². The molecule has 1 amide bonds. The van der Waals surface area contributed by atoms with Crippen LogP contribution in [-0.4, -0.2) is 81.2 Å². The SMILES string of the molecule is Cc1nc(C)n(CC2CCCN(CC(=O)N3CCN(Cc4ccsc4)CC3)C2)n1. The summed E-state index contributed by atoms with van der Waals surface area (Å²) >= 11 is 1.75. The summed E-state index contributed by atoms with van der Waals surface area (Å²) in [5.74, 6) is 2.65. The molecule has 0 bridgehead atoms. The van der Waals surface area contributed by atoms with E-state index in [0.29, 0.717) is 12.5 Å². The summed E-state index contributed by atoms with van der Waals surface area (Å²) < 4.78 is 2.03. The van der Waals surface area contributed by atoms with E-state index in [0.717, 1.165) is 70.4 Å². The molecule has 0 saturated carbocycles. The fourth-order valence-electron chi connectivity index (χ4n) is 4.51. The number of carbonyl (C=O) groups is 1. The zero-order valence-corrected chi connectivity index (χ0v) is 18.4. The summed E-state index contributed by atoms with van der Waals surface area (Å²) in [6.45, 7) is 12.0. The summed E-state index contributed by atoms with van der Waals surface area (Å²) in [4.78, 5) is 24.1. The molecule has 0 radical (unpaired) electrons. The lowest BCUT2D eigenvalue weighted by Crippen LogP contribution is -2.51. The minimum atomic E-state index is 0.286. The smallest absolute Gasteiger partial charge is 0.236 e. The van der Waals surface area contributed by atoms with E-state index in [1.165, 1.54) is 12.0 Å². The first-order chi connectivity index (χ1) is 14.1. The number of likely N-dealkylation sites (tertiary alicyclic amines) is 1. The van der Waals surface area contributed by atoms with Crippen molar-refractivity contribution in [2.75, 3.05) is 45.8 Å². The molecule has 1 atom stereocenters. The highest BCUT2D eigenvalue weighted by atomic mass is 32.1. The van der Waals surface area contributed by atoms with E-state index in [4.69, 9.17) is 0 Å². The maximum absolute atomic E-state index is 12.9. The highest BCUT2D eigenvalue weighted by Crippen LogP contribution is 2.19. The normalized spacial score (nSPS) is 21.6. The number of amides is 1. The Labute approximate surface area is 177 Å². The molecule has 0 aromatic carbocycles. The van der Waals surface area contributed by atoms with Gasteiger partial charge in [0.25, 0.3) is 0 Å². The van der Waals surface area contributed by atoms with Gasteiger partial charge in [0.1, 0.15) is 11.6 Å². The third-order valence-electron chi connectivity index (χ3n) is 6.07. The monoisotopic (exact) mass is 416 g/mol. The second-order valence-corrected chi connectivity index (χ2v) is 9.20. The number of carbonyl (C=O) groups excluding carboxylic acids is 1. The van der Waals surface area contributed by atoms with Gasteiger partial charge in [0.2, 0.25) is 5.91 Å². The van der Waals surface area contributed by atoms with Crippen molar-refractivity contribution in [3.8, 4) is 0 Å². The molecule has 2 fully saturated rings. The summed E-state index contributed by atoms with van der Waals surface area (Å²) in [5.41, 5.74) is 1.38. The van der Waals surface area contributed by atoms with Gasteiger partial charge < -0.3 is 4.90 Å². The lowest BCUT2D eigenvalue weighted by molar-refractivity contribution is -0.134. The van der Waals surface area contributed by atoms with Crippen molar-refractivity contribution in [1.82, 2.24) is 29.5 Å². The molecule has 1 unspecified atom stereocenters. The maximum Gasteiger partial charge on any atom is 0.236 e. The van der Waals surface area contributed by atoms with Crippen molar-refractivity contribution in [3.63, 3.8) is 0 Å². The van der Waals surface area contributed by atoms with Crippen LogP contribution in [0.4, 0.5) is 0 Å². The van der Waals surface area contributed by atoms with Gasteiger partial charge in [-0.1, -0.05) is 0 Å². The highest BCUT2D eigenvalue weighted by Gasteiger charge is 2.26. The first-order valence-corrected chi connectivity index (χ1v) is 11.6. The molecule has 4 rings (SSSR count). The molecule has 0 spiro atoms. The van der Waals surface area contributed by atoms with Crippen LogP contribution >= 0.6 is 11.3 Å². The van der Waals surface area contributed by atoms with Crippen LogP contribution in [0.1, 0.15) is 30.1 Å². The van der Waals surface area contributed by atoms with Gasteiger partial charge in [-0.2, -0.15) is 16.4 Å². The van der Waals surface area contributed by atoms with Gasteiger partial charge in [-0.15, -0.1) is 0 Å². The number of nitrogens with zero attached hydrogens (tertiary/aromatic N) is 6. The molecular formula is C21H32N6OS. The summed E-state index contributed by atoms with van der Waals surface area (Å²) in [7, 11) is 0. The molecule has 8 heteroatoms. The van der Waals surface area contributed by atoms with Crippen LogP contribution < -0.4 is 0 Å². The topological polar surface area (TPSA) is 57.5 Å². The Morgan fingerprint density at radius 3 is 2.69 bits per heavy atom. The predicted molar refractivity (Wildman–Crippen MR) is 115 cm³/mol. The fourth-order valence-corrected chi connectivity index (χ4v) is 5.17. The number of hydrogen-bond acceptors (Lipinski definition) is 6. The first kappa shape index (κ1) is 20.5. The van der Waals surface area contributed by atoms with Gasteiger partial charge in [-0.3, -0.25) is 14.6 Å². The van der Waals surface area contributed by atoms with Crippen molar-refractivity contribution in [2.24, 2.45) is 5.92 Å². The average Bonchev–Trinajstić information content (AvgIpc) is 3.32. The molecule has 2 aromatic heterocycles. The molecular weight excluding hydrogens is 384 g/mol. The van der Waals surface area contributed by atoms with Crippen LogP contribution in [0.3, 0.4) is 0 Å². The number of hydrogen-bond donors (Lipinski definition) is 0. The number of aryl methyl sites for hydroxylation is 2. The Bertz CT molecular complexity index is 796. The maximum atomic E-state index is 12.9. The molecule has 2 aliphatic rings. The number of piperazine rings is 1. The number of piperidine rings is 1. The van der Waals surface area contributed by atoms with Crippen molar-refractivity contribution in [2.45, 2.75) is 39.8 Å². The quantitative estimate of drug-likeness (QED) is 0.721. The van der Waals surface area contributed by atoms with Gasteiger partial charge in [-0.05, 0) is 61.5 Å². The molecule has 2 aliphatic heterocycles. The van der Waals surface area contributed by atoms with Crippen LogP contribution in [0.25, 0.3) is 0 Å². The summed E-state index contributed by atoms with van der Waals surface area (Å²) in [5, 5.41) is 8.85. The van der Waals surface area contributed by atoms with Gasteiger partial charge in [0.15, 0.2) is 0 Å². The molecule has 158 valence electrons. The van der Waals surface area contributed by atoms with E-state index in [2.05, 4.69) is 41.6 Å². The zero-order chi connectivity index (χ0) is 20.2. The average molecular weight is 417 g/mol. The lowest BCUT2D eigenvalue weighted by Gasteiger charge is -2.37. The Morgan fingerprint density at radius 1 is 1.17 bits per heavy atom. The summed E-state index contributed by atoms with van der Waals surface area (Å²) in [6, 6.07) is 2.19. The van der Waals surface area contributed by atoms with Crippen LogP contribution in [-0.2, 0) is 17.9 Å². The number of aromatic nitrogens is 3. The van der Waals surface area contributed by atoms with E-state index in [1.54, 1.807) is 11.3 Å². The van der Waals surface area contributed by atoms with E-state index in [1.807, 2.05) is 18.5 Å². The Kier molecular flexibility index (Phi) is 6.62. The molecule has 29 heavy (non-hydrogen) atoms.